The zero-order chi connectivity index (χ0) is 15.1. The molecular formula is C16H25BrN2O. The molecule has 1 aromatic carbocycles. The number of amides is 1. The SMILES string of the molecule is CCCN(C(=O)C(C)CCN)C(C)c1ccccc1Br. The van der Waals surface area contributed by atoms with Gasteiger partial charge in [-0.15, -0.1) is 0 Å². The smallest absolute Gasteiger partial charge is 0.225 e. The first-order chi connectivity index (χ1) is 9.52. The summed E-state index contributed by atoms with van der Waals surface area (Å²) in [6.45, 7) is 7.47. The minimum atomic E-state index is -0.0171. The monoisotopic (exact) mass is 340 g/mol. The molecule has 4 heteroatoms. The summed E-state index contributed by atoms with van der Waals surface area (Å²) in [5.41, 5.74) is 6.72. The molecule has 0 fully saturated rings. The Morgan fingerprint density at radius 3 is 2.55 bits per heavy atom. The average molecular weight is 341 g/mol. The van der Waals surface area contributed by atoms with Crippen molar-refractivity contribution in [2.45, 2.75) is 39.7 Å². The third-order valence-electron chi connectivity index (χ3n) is 3.59. The molecule has 1 amide bonds. The third-order valence-corrected chi connectivity index (χ3v) is 4.31. The molecule has 1 aromatic rings. The minimum absolute atomic E-state index is 0.0171. The summed E-state index contributed by atoms with van der Waals surface area (Å²) >= 11 is 3.58. The third kappa shape index (κ3) is 4.32. The molecule has 1 rings (SSSR count). The van der Waals surface area contributed by atoms with Crippen LogP contribution in [-0.2, 0) is 4.79 Å². The Morgan fingerprint density at radius 2 is 2.00 bits per heavy atom. The first-order valence-electron chi connectivity index (χ1n) is 7.27. The van der Waals surface area contributed by atoms with Crippen molar-refractivity contribution < 1.29 is 4.79 Å². The normalized spacial score (nSPS) is 13.8. The average Bonchev–Trinajstić information content (AvgIpc) is 2.44. The zero-order valence-electron chi connectivity index (χ0n) is 12.6. The van der Waals surface area contributed by atoms with E-state index in [4.69, 9.17) is 5.73 Å². The number of nitrogens with two attached hydrogens (primary N) is 1. The molecule has 0 aliphatic heterocycles. The van der Waals surface area contributed by atoms with Crippen LogP contribution >= 0.6 is 15.9 Å². The molecule has 20 heavy (non-hydrogen) atoms. The number of hydrogen-bond acceptors (Lipinski definition) is 2. The van der Waals surface area contributed by atoms with Crippen molar-refractivity contribution in [2.24, 2.45) is 11.7 Å². The van der Waals surface area contributed by atoms with Crippen LogP contribution in [-0.4, -0.2) is 23.9 Å². The summed E-state index contributed by atoms with van der Waals surface area (Å²) in [4.78, 5) is 14.6. The summed E-state index contributed by atoms with van der Waals surface area (Å²) in [5.74, 6) is 0.178. The van der Waals surface area contributed by atoms with E-state index in [-0.39, 0.29) is 17.9 Å². The van der Waals surface area contributed by atoms with Gasteiger partial charge in [0.15, 0.2) is 0 Å². The molecular weight excluding hydrogens is 316 g/mol. The van der Waals surface area contributed by atoms with E-state index in [0.717, 1.165) is 29.4 Å². The molecule has 2 unspecified atom stereocenters. The van der Waals surface area contributed by atoms with Crippen LogP contribution in [0.25, 0.3) is 0 Å². The van der Waals surface area contributed by atoms with E-state index in [9.17, 15) is 4.79 Å². The van der Waals surface area contributed by atoms with Crippen molar-refractivity contribution in [3.63, 3.8) is 0 Å². The molecule has 3 nitrogen and oxygen atoms in total. The highest BCUT2D eigenvalue weighted by Crippen LogP contribution is 2.29. The summed E-state index contributed by atoms with van der Waals surface area (Å²) < 4.78 is 1.05. The van der Waals surface area contributed by atoms with Gasteiger partial charge in [0.25, 0.3) is 0 Å². The molecule has 0 aliphatic rings. The van der Waals surface area contributed by atoms with Gasteiger partial charge in [0.05, 0.1) is 6.04 Å². The predicted octanol–water partition coefficient (Wildman–Crippen LogP) is 3.73. The number of halogens is 1. The van der Waals surface area contributed by atoms with Crippen LogP contribution < -0.4 is 5.73 Å². The van der Waals surface area contributed by atoms with E-state index in [1.165, 1.54) is 0 Å². The molecule has 112 valence electrons. The number of nitrogens with zero attached hydrogens (tertiary/aromatic N) is 1. The van der Waals surface area contributed by atoms with Crippen molar-refractivity contribution >= 4 is 21.8 Å². The number of rotatable bonds is 7. The van der Waals surface area contributed by atoms with Gasteiger partial charge >= 0.3 is 0 Å². The van der Waals surface area contributed by atoms with Crippen LogP contribution in [0.5, 0.6) is 0 Å². The molecule has 0 aliphatic carbocycles. The Labute approximate surface area is 130 Å². The second-order valence-corrected chi connectivity index (χ2v) is 6.06. The summed E-state index contributed by atoms with van der Waals surface area (Å²) in [7, 11) is 0. The standard InChI is InChI=1S/C16H25BrN2O/c1-4-11-19(16(20)12(2)9-10-18)13(3)14-7-5-6-8-15(14)17/h5-8,12-13H,4,9-11,18H2,1-3H3. The Hall–Kier alpha value is -0.870. The van der Waals surface area contributed by atoms with Crippen molar-refractivity contribution in [3.05, 3.63) is 34.3 Å². The van der Waals surface area contributed by atoms with Crippen LogP contribution in [0.3, 0.4) is 0 Å². The van der Waals surface area contributed by atoms with E-state index >= 15 is 0 Å². The first kappa shape index (κ1) is 17.2. The fourth-order valence-corrected chi connectivity index (χ4v) is 2.99. The minimum Gasteiger partial charge on any atom is -0.336 e. The largest absolute Gasteiger partial charge is 0.336 e. The van der Waals surface area contributed by atoms with Crippen LogP contribution in [0.1, 0.15) is 45.2 Å². The van der Waals surface area contributed by atoms with E-state index in [1.54, 1.807) is 0 Å². The van der Waals surface area contributed by atoms with Gasteiger partial charge in [-0.05, 0) is 37.9 Å². The van der Waals surface area contributed by atoms with Gasteiger partial charge in [-0.1, -0.05) is 48.0 Å². The molecule has 0 radical (unpaired) electrons. The summed E-state index contributed by atoms with van der Waals surface area (Å²) in [5, 5.41) is 0. The van der Waals surface area contributed by atoms with Crippen LogP contribution in [0.4, 0.5) is 0 Å². The lowest BCUT2D eigenvalue weighted by Crippen LogP contribution is -2.38. The van der Waals surface area contributed by atoms with Gasteiger partial charge < -0.3 is 10.6 Å². The molecule has 0 saturated heterocycles. The van der Waals surface area contributed by atoms with Gasteiger partial charge in [-0.25, -0.2) is 0 Å². The van der Waals surface area contributed by atoms with Crippen LogP contribution in [0.2, 0.25) is 0 Å². The Kier molecular flexibility index (Phi) is 7.24. The van der Waals surface area contributed by atoms with E-state index < -0.39 is 0 Å². The van der Waals surface area contributed by atoms with Crippen molar-refractivity contribution in [1.82, 2.24) is 4.90 Å². The molecule has 0 aromatic heterocycles. The second kappa shape index (κ2) is 8.42. The van der Waals surface area contributed by atoms with Crippen molar-refractivity contribution in [3.8, 4) is 0 Å². The fraction of sp³-hybridized carbons (Fsp3) is 0.562. The fourth-order valence-electron chi connectivity index (χ4n) is 2.37. The highest BCUT2D eigenvalue weighted by molar-refractivity contribution is 9.10. The highest BCUT2D eigenvalue weighted by Gasteiger charge is 2.25. The lowest BCUT2D eigenvalue weighted by molar-refractivity contribution is -0.137. The van der Waals surface area contributed by atoms with Gasteiger partial charge in [-0.3, -0.25) is 4.79 Å². The maximum atomic E-state index is 12.6. The van der Waals surface area contributed by atoms with Crippen molar-refractivity contribution in [2.75, 3.05) is 13.1 Å². The van der Waals surface area contributed by atoms with Gasteiger partial charge in [0.1, 0.15) is 0 Å². The zero-order valence-corrected chi connectivity index (χ0v) is 14.2. The summed E-state index contributed by atoms with van der Waals surface area (Å²) in [6, 6.07) is 8.15. The maximum absolute atomic E-state index is 12.6. The summed E-state index contributed by atoms with van der Waals surface area (Å²) in [6.07, 6.45) is 1.69. The first-order valence-corrected chi connectivity index (χ1v) is 8.07. The second-order valence-electron chi connectivity index (χ2n) is 5.21. The number of benzene rings is 1. The van der Waals surface area contributed by atoms with Gasteiger partial charge in [-0.2, -0.15) is 0 Å². The number of carbonyl (C=O) groups excluding carboxylic acids is 1. The molecule has 2 N–H and O–H groups in total. The maximum Gasteiger partial charge on any atom is 0.225 e. The molecule has 0 bridgehead atoms. The van der Waals surface area contributed by atoms with Crippen LogP contribution in [0.15, 0.2) is 28.7 Å². The Bertz CT molecular complexity index is 436. The van der Waals surface area contributed by atoms with Crippen LogP contribution in [0, 0.1) is 5.92 Å². The predicted molar refractivity (Wildman–Crippen MR) is 87.4 cm³/mol. The van der Waals surface area contributed by atoms with E-state index in [0.29, 0.717) is 6.54 Å². The topological polar surface area (TPSA) is 46.3 Å². The van der Waals surface area contributed by atoms with Gasteiger partial charge in [0, 0.05) is 16.9 Å². The Balaban J connectivity index is 2.95. The molecule has 0 saturated carbocycles. The quantitative estimate of drug-likeness (QED) is 0.821. The van der Waals surface area contributed by atoms with E-state index in [2.05, 4.69) is 35.8 Å². The van der Waals surface area contributed by atoms with Crippen molar-refractivity contribution in [1.29, 1.82) is 0 Å². The molecule has 2 atom stereocenters. The lowest BCUT2D eigenvalue weighted by atomic mass is 10.0. The highest BCUT2D eigenvalue weighted by atomic mass is 79.9. The van der Waals surface area contributed by atoms with E-state index in [1.807, 2.05) is 30.0 Å². The Morgan fingerprint density at radius 1 is 1.35 bits per heavy atom. The van der Waals surface area contributed by atoms with Gasteiger partial charge in [0.2, 0.25) is 5.91 Å². The number of hydrogen-bond donors (Lipinski definition) is 1. The molecule has 0 spiro atoms. The lowest BCUT2D eigenvalue weighted by Gasteiger charge is -2.32. The molecule has 0 heterocycles. The number of carbonyl (C=O) groups is 1.